The summed E-state index contributed by atoms with van der Waals surface area (Å²) in [4.78, 5) is 13.6. The summed E-state index contributed by atoms with van der Waals surface area (Å²) in [6.07, 6.45) is 1.83. The van der Waals surface area contributed by atoms with Gasteiger partial charge in [0.2, 0.25) is 5.91 Å². The molecule has 2 atom stereocenters. The van der Waals surface area contributed by atoms with E-state index in [-0.39, 0.29) is 11.8 Å². The Labute approximate surface area is 113 Å². The van der Waals surface area contributed by atoms with E-state index >= 15 is 0 Å². The molecule has 1 aliphatic rings. The summed E-state index contributed by atoms with van der Waals surface area (Å²) < 4.78 is 0. The summed E-state index contributed by atoms with van der Waals surface area (Å²) in [6.45, 7) is 4.83. The molecule has 0 radical (unpaired) electrons. The van der Waals surface area contributed by atoms with E-state index in [2.05, 4.69) is 17.9 Å². The number of carbonyl (C=O) groups is 1. The van der Waals surface area contributed by atoms with Gasteiger partial charge in [-0.15, -0.1) is 0 Å². The minimum atomic E-state index is -0.219. The van der Waals surface area contributed by atoms with Gasteiger partial charge in [0, 0.05) is 18.3 Å². The van der Waals surface area contributed by atoms with Gasteiger partial charge in [0.1, 0.15) is 0 Å². The zero-order chi connectivity index (χ0) is 14.0. The molecular weight excluding hydrogens is 238 g/mol. The number of aryl methyl sites for hydroxylation is 1. The van der Waals surface area contributed by atoms with Crippen LogP contribution in [0, 0.1) is 24.2 Å². The lowest BCUT2D eigenvalue weighted by atomic mass is 9.91. The fourth-order valence-corrected chi connectivity index (χ4v) is 2.72. The van der Waals surface area contributed by atoms with Crippen molar-refractivity contribution in [3.05, 3.63) is 29.3 Å². The molecule has 1 fully saturated rings. The fraction of sp³-hybridized carbons (Fsp3) is 0.467. The van der Waals surface area contributed by atoms with Gasteiger partial charge in [-0.1, -0.05) is 0 Å². The summed E-state index contributed by atoms with van der Waals surface area (Å²) in [7, 11) is 0. The Hall–Kier alpha value is -2.02. The van der Waals surface area contributed by atoms with Crippen molar-refractivity contribution in [3.8, 4) is 6.07 Å². The molecule has 2 unspecified atom stereocenters. The highest BCUT2D eigenvalue weighted by Crippen LogP contribution is 2.30. The van der Waals surface area contributed by atoms with E-state index in [4.69, 9.17) is 11.0 Å². The fourth-order valence-electron chi connectivity index (χ4n) is 2.72. The van der Waals surface area contributed by atoms with E-state index in [1.807, 2.05) is 25.1 Å². The van der Waals surface area contributed by atoms with Crippen LogP contribution in [0.5, 0.6) is 0 Å². The van der Waals surface area contributed by atoms with Crippen molar-refractivity contribution in [2.24, 2.45) is 11.7 Å². The summed E-state index contributed by atoms with van der Waals surface area (Å²) in [5.74, 6) is -0.297. The first kappa shape index (κ1) is 13.4. The highest BCUT2D eigenvalue weighted by molar-refractivity contribution is 5.78. The van der Waals surface area contributed by atoms with Crippen molar-refractivity contribution in [2.75, 3.05) is 11.4 Å². The number of nitrogens with zero attached hydrogens (tertiary/aromatic N) is 2. The van der Waals surface area contributed by atoms with Gasteiger partial charge >= 0.3 is 0 Å². The molecule has 1 heterocycles. The average molecular weight is 257 g/mol. The van der Waals surface area contributed by atoms with Gasteiger partial charge in [-0.25, -0.2) is 0 Å². The maximum Gasteiger partial charge on any atom is 0.222 e. The molecule has 2 rings (SSSR count). The molecule has 2 N–H and O–H groups in total. The van der Waals surface area contributed by atoms with E-state index in [9.17, 15) is 4.79 Å². The van der Waals surface area contributed by atoms with Gasteiger partial charge in [0.25, 0.3) is 0 Å². The average Bonchev–Trinajstić information content (AvgIpc) is 2.39. The molecule has 1 saturated heterocycles. The van der Waals surface area contributed by atoms with E-state index in [1.165, 1.54) is 0 Å². The second kappa shape index (κ2) is 5.31. The Morgan fingerprint density at radius 1 is 1.47 bits per heavy atom. The summed E-state index contributed by atoms with van der Waals surface area (Å²) >= 11 is 0. The first-order valence-electron chi connectivity index (χ1n) is 6.59. The van der Waals surface area contributed by atoms with Crippen LogP contribution in [-0.2, 0) is 4.79 Å². The quantitative estimate of drug-likeness (QED) is 0.880. The third kappa shape index (κ3) is 2.70. The van der Waals surface area contributed by atoms with Crippen LogP contribution in [0.3, 0.4) is 0 Å². The zero-order valence-electron chi connectivity index (χ0n) is 11.4. The molecule has 0 saturated carbocycles. The first-order valence-corrected chi connectivity index (χ1v) is 6.59. The predicted molar refractivity (Wildman–Crippen MR) is 74.6 cm³/mol. The van der Waals surface area contributed by atoms with Crippen LogP contribution in [0.15, 0.2) is 18.2 Å². The molecule has 19 heavy (non-hydrogen) atoms. The topological polar surface area (TPSA) is 70.1 Å². The molecule has 1 aliphatic heterocycles. The molecule has 4 nitrogen and oxygen atoms in total. The van der Waals surface area contributed by atoms with Crippen LogP contribution < -0.4 is 10.6 Å². The smallest absolute Gasteiger partial charge is 0.222 e. The second-order valence-electron chi connectivity index (χ2n) is 5.29. The Kier molecular flexibility index (Phi) is 3.75. The largest absolute Gasteiger partial charge is 0.369 e. The van der Waals surface area contributed by atoms with Crippen molar-refractivity contribution in [1.29, 1.82) is 5.26 Å². The number of amides is 1. The normalized spacial score (nSPS) is 22.9. The molecule has 0 aromatic heterocycles. The second-order valence-corrected chi connectivity index (χ2v) is 5.29. The van der Waals surface area contributed by atoms with Crippen LogP contribution in [0.2, 0.25) is 0 Å². The number of hydrogen-bond donors (Lipinski definition) is 1. The molecule has 1 aromatic rings. The van der Waals surface area contributed by atoms with Crippen LogP contribution in [0.4, 0.5) is 5.69 Å². The minimum Gasteiger partial charge on any atom is -0.369 e. The van der Waals surface area contributed by atoms with Crippen molar-refractivity contribution >= 4 is 11.6 Å². The Morgan fingerprint density at radius 3 is 2.79 bits per heavy atom. The molecule has 1 amide bonds. The van der Waals surface area contributed by atoms with Gasteiger partial charge in [-0.3, -0.25) is 4.79 Å². The van der Waals surface area contributed by atoms with E-state index in [0.29, 0.717) is 18.2 Å². The Balaban J connectivity index is 2.29. The molecule has 0 spiro atoms. The van der Waals surface area contributed by atoms with Gasteiger partial charge in [-0.2, -0.15) is 5.26 Å². The lowest BCUT2D eigenvalue weighted by molar-refractivity contribution is -0.122. The number of hydrogen-bond acceptors (Lipinski definition) is 3. The molecule has 0 aliphatic carbocycles. The molecule has 4 heteroatoms. The van der Waals surface area contributed by atoms with Crippen LogP contribution in [-0.4, -0.2) is 18.5 Å². The number of nitrogens with two attached hydrogens (primary N) is 1. The van der Waals surface area contributed by atoms with E-state index in [1.54, 1.807) is 0 Å². The number of benzene rings is 1. The maximum absolute atomic E-state index is 11.4. The van der Waals surface area contributed by atoms with Gasteiger partial charge in [-0.05, 0) is 50.5 Å². The maximum atomic E-state index is 11.4. The Bertz CT molecular complexity index is 533. The molecule has 0 bridgehead atoms. The zero-order valence-corrected chi connectivity index (χ0v) is 11.4. The molecule has 100 valence electrons. The number of piperidine rings is 1. The van der Waals surface area contributed by atoms with Gasteiger partial charge in [0.05, 0.1) is 17.6 Å². The van der Waals surface area contributed by atoms with E-state index in [0.717, 1.165) is 24.1 Å². The van der Waals surface area contributed by atoms with Crippen molar-refractivity contribution in [3.63, 3.8) is 0 Å². The van der Waals surface area contributed by atoms with E-state index < -0.39 is 0 Å². The standard InChI is InChI=1S/C15H19N3O/c1-10-7-12(8-16)4-6-14(10)18-9-13(15(17)19)5-3-11(18)2/h4,6-7,11,13H,3,5,9H2,1-2H3,(H2,17,19). The predicted octanol–water partition coefficient (Wildman–Crippen LogP) is 1.96. The third-order valence-corrected chi connectivity index (χ3v) is 3.92. The summed E-state index contributed by atoms with van der Waals surface area (Å²) in [5, 5.41) is 8.91. The Morgan fingerprint density at radius 2 is 2.21 bits per heavy atom. The van der Waals surface area contributed by atoms with Crippen LogP contribution in [0.25, 0.3) is 0 Å². The highest BCUT2D eigenvalue weighted by atomic mass is 16.1. The number of carbonyl (C=O) groups excluding carboxylic acids is 1. The third-order valence-electron chi connectivity index (χ3n) is 3.92. The SMILES string of the molecule is Cc1cc(C#N)ccc1N1CC(C(N)=O)CCC1C. The number of anilines is 1. The lowest BCUT2D eigenvalue weighted by Gasteiger charge is -2.39. The summed E-state index contributed by atoms with van der Waals surface area (Å²) in [6, 6.07) is 8.21. The number of nitriles is 1. The summed E-state index contributed by atoms with van der Waals surface area (Å²) in [5.41, 5.74) is 8.25. The lowest BCUT2D eigenvalue weighted by Crippen LogP contribution is -2.46. The molecule has 1 aromatic carbocycles. The van der Waals surface area contributed by atoms with Gasteiger partial charge < -0.3 is 10.6 Å². The first-order chi connectivity index (χ1) is 9.02. The van der Waals surface area contributed by atoms with Crippen LogP contribution in [0.1, 0.15) is 30.9 Å². The highest BCUT2D eigenvalue weighted by Gasteiger charge is 2.29. The molecular formula is C15H19N3O. The number of primary amides is 1. The van der Waals surface area contributed by atoms with Crippen molar-refractivity contribution in [1.82, 2.24) is 0 Å². The minimum absolute atomic E-state index is 0.0776. The van der Waals surface area contributed by atoms with Crippen molar-refractivity contribution in [2.45, 2.75) is 32.7 Å². The van der Waals surface area contributed by atoms with Crippen molar-refractivity contribution < 1.29 is 4.79 Å². The van der Waals surface area contributed by atoms with Gasteiger partial charge in [0.15, 0.2) is 0 Å². The number of rotatable bonds is 2. The monoisotopic (exact) mass is 257 g/mol. The van der Waals surface area contributed by atoms with Crippen LogP contribution >= 0.6 is 0 Å².